The van der Waals surface area contributed by atoms with E-state index in [1.54, 1.807) is 6.20 Å². The third-order valence-corrected chi connectivity index (χ3v) is 4.38. The number of hydrogen-bond donors (Lipinski definition) is 1. The Balaban J connectivity index is 2.07. The van der Waals surface area contributed by atoms with Gasteiger partial charge in [-0.25, -0.2) is 9.78 Å². The molecular weight excluding hydrogens is 378 g/mol. The summed E-state index contributed by atoms with van der Waals surface area (Å²) < 4.78 is 0.981. The van der Waals surface area contributed by atoms with Gasteiger partial charge < -0.3 is 5.73 Å². The van der Waals surface area contributed by atoms with Gasteiger partial charge in [0.1, 0.15) is 5.15 Å². The van der Waals surface area contributed by atoms with E-state index in [0.29, 0.717) is 17.4 Å². The molecular formula is C17H13BrClN3O. The van der Waals surface area contributed by atoms with Crippen molar-refractivity contribution >= 4 is 50.0 Å². The van der Waals surface area contributed by atoms with E-state index in [2.05, 4.69) is 20.9 Å². The van der Waals surface area contributed by atoms with Crippen LogP contribution in [0.15, 0.2) is 59.2 Å². The Bertz CT molecular complexity index is 867. The SMILES string of the molecule is NC(=O)N(Cc1ccc(Br)cc1)c1cccc2c(Cl)nccc12. The summed E-state index contributed by atoms with van der Waals surface area (Å²) in [7, 11) is 0. The first kappa shape index (κ1) is 15.8. The summed E-state index contributed by atoms with van der Waals surface area (Å²) in [6.45, 7) is 0.377. The number of halogens is 2. The Kier molecular flexibility index (Phi) is 4.50. The molecule has 0 aliphatic carbocycles. The summed E-state index contributed by atoms with van der Waals surface area (Å²) in [6, 6.07) is 14.6. The van der Waals surface area contributed by atoms with Crippen LogP contribution in [0.4, 0.5) is 10.5 Å². The van der Waals surface area contributed by atoms with Crippen LogP contribution in [0.1, 0.15) is 5.56 Å². The van der Waals surface area contributed by atoms with Crippen molar-refractivity contribution < 1.29 is 4.79 Å². The molecule has 3 aromatic rings. The monoisotopic (exact) mass is 389 g/mol. The molecule has 0 radical (unpaired) electrons. The second-order valence-electron chi connectivity index (χ2n) is 5.02. The van der Waals surface area contributed by atoms with Crippen molar-refractivity contribution in [3.8, 4) is 0 Å². The van der Waals surface area contributed by atoms with Gasteiger partial charge in [0.05, 0.1) is 12.2 Å². The normalized spacial score (nSPS) is 10.7. The molecule has 2 amide bonds. The van der Waals surface area contributed by atoms with E-state index in [9.17, 15) is 4.79 Å². The fourth-order valence-corrected chi connectivity index (χ4v) is 2.93. The first-order chi connectivity index (χ1) is 11.1. The molecule has 0 unspecified atom stereocenters. The van der Waals surface area contributed by atoms with Crippen molar-refractivity contribution in [3.05, 3.63) is 69.9 Å². The van der Waals surface area contributed by atoms with Gasteiger partial charge in [-0.15, -0.1) is 0 Å². The minimum atomic E-state index is -0.520. The molecule has 6 heteroatoms. The summed E-state index contributed by atoms with van der Waals surface area (Å²) in [6.07, 6.45) is 1.62. The number of nitrogens with zero attached hydrogens (tertiary/aromatic N) is 2. The molecule has 1 aromatic heterocycles. The van der Waals surface area contributed by atoms with Crippen LogP contribution in [0.25, 0.3) is 10.8 Å². The Labute approximate surface area is 147 Å². The average molecular weight is 391 g/mol. The van der Waals surface area contributed by atoms with Crippen LogP contribution in [0.2, 0.25) is 5.15 Å². The van der Waals surface area contributed by atoms with Crippen LogP contribution in [0.3, 0.4) is 0 Å². The number of hydrogen-bond acceptors (Lipinski definition) is 2. The highest BCUT2D eigenvalue weighted by Gasteiger charge is 2.16. The minimum absolute atomic E-state index is 0.377. The number of amides is 2. The van der Waals surface area contributed by atoms with Crippen molar-refractivity contribution in [2.24, 2.45) is 5.73 Å². The molecule has 0 spiro atoms. The van der Waals surface area contributed by atoms with Gasteiger partial charge in [0.25, 0.3) is 0 Å². The summed E-state index contributed by atoms with van der Waals surface area (Å²) in [5.41, 5.74) is 7.29. The molecule has 2 aromatic carbocycles. The molecule has 0 atom stereocenters. The zero-order valence-corrected chi connectivity index (χ0v) is 14.4. The highest BCUT2D eigenvalue weighted by molar-refractivity contribution is 9.10. The lowest BCUT2D eigenvalue weighted by Crippen LogP contribution is -2.35. The highest BCUT2D eigenvalue weighted by atomic mass is 79.9. The Hall–Kier alpha value is -2.11. The molecule has 0 fully saturated rings. The summed E-state index contributed by atoms with van der Waals surface area (Å²) in [5, 5.41) is 2.02. The van der Waals surface area contributed by atoms with Crippen LogP contribution in [-0.2, 0) is 6.54 Å². The molecule has 116 valence electrons. The number of nitrogens with two attached hydrogens (primary N) is 1. The lowest BCUT2D eigenvalue weighted by molar-refractivity contribution is 0.253. The third kappa shape index (κ3) is 3.30. The molecule has 0 saturated heterocycles. The maximum absolute atomic E-state index is 12.0. The van der Waals surface area contributed by atoms with Crippen LogP contribution in [-0.4, -0.2) is 11.0 Å². The van der Waals surface area contributed by atoms with Gasteiger partial charge in [-0.1, -0.05) is 51.8 Å². The van der Waals surface area contributed by atoms with E-state index in [4.69, 9.17) is 17.3 Å². The second kappa shape index (κ2) is 6.56. The quantitative estimate of drug-likeness (QED) is 0.657. The maximum atomic E-state index is 12.0. The van der Waals surface area contributed by atoms with Crippen molar-refractivity contribution in [2.75, 3.05) is 4.90 Å². The first-order valence-corrected chi connectivity index (χ1v) is 8.08. The molecule has 23 heavy (non-hydrogen) atoms. The van der Waals surface area contributed by atoms with Crippen molar-refractivity contribution in [1.29, 1.82) is 0 Å². The number of fused-ring (bicyclic) bond motifs is 1. The molecule has 0 aliphatic rings. The van der Waals surface area contributed by atoms with Crippen molar-refractivity contribution in [1.82, 2.24) is 4.98 Å². The number of carbonyl (C=O) groups excluding carboxylic acids is 1. The summed E-state index contributed by atoms with van der Waals surface area (Å²) >= 11 is 9.54. The zero-order valence-electron chi connectivity index (χ0n) is 12.0. The number of urea groups is 1. The smallest absolute Gasteiger partial charge is 0.319 e. The molecule has 0 aliphatic heterocycles. The molecule has 0 saturated carbocycles. The van der Waals surface area contributed by atoms with Gasteiger partial charge in [-0.3, -0.25) is 4.90 Å². The van der Waals surface area contributed by atoms with Gasteiger partial charge >= 0.3 is 6.03 Å². The van der Waals surface area contributed by atoms with Gasteiger partial charge in [-0.2, -0.15) is 0 Å². The van der Waals surface area contributed by atoms with E-state index in [-0.39, 0.29) is 0 Å². The number of primary amides is 1. The Morgan fingerprint density at radius 1 is 1.13 bits per heavy atom. The minimum Gasteiger partial charge on any atom is -0.351 e. The average Bonchev–Trinajstić information content (AvgIpc) is 2.54. The van der Waals surface area contributed by atoms with Gasteiger partial charge in [0, 0.05) is 21.4 Å². The number of rotatable bonds is 3. The van der Waals surface area contributed by atoms with Crippen molar-refractivity contribution in [2.45, 2.75) is 6.54 Å². The van der Waals surface area contributed by atoms with E-state index < -0.39 is 6.03 Å². The highest BCUT2D eigenvalue weighted by Crippen LogP contribution is 2.31. The van der Waals surface area contributed by atoms with Crippen LogP contribution < -0.4 is 10.6 Å². The van der Waals surface area contributed by atoms with E-state index in [1.807, 2.05) is 48.5 Å². The lowest BCUT2D eigenvalue weighted by atomic mass is 10.1. The molecule has 0 bridgehead atoms. The topological polar surface area (TPSA) is 59.2 Å². The molecule has 3 rings (SSSR count). The molecule has 4 nitrogen and oxygen atoms in total. The van der Waals surface area contributed by atoms with Crippen LogP contribution in [0, 0.1) is 0 Å². The molecule has 1 heterocycles. The number of pyridine rings is 1. The summed E-state index contributed by atoms with van der Waals surface area (Å²) in [4.78, 5) is 17.6. The van der Waals surface area contributed by atoms with Crippen LogP contribution >= 0.6 is 27.5 Å². The second-order valence-corrected chi connectivity index (χ2v) is 6.30. The third-order valence-electron chi connectivity index (χ3n) is 3.55. The van der Waals surface area contributed by atoms with Gasteiger partial charge in [0.2, 0.25) is 0 Å². The first-order valence-electron chi connectivity index (χ1n) is 6.91. The van der Waals surface area contributed by atoms with Crippen molar-refractivity contribution in [3.63, 3.8) is 0 Å². The predicted molar refractivity (Wildman–Crippen MR) is 96.7 cm³/mol. The Morgan fingerprint density at radius 2 is 1.87 bits per heavy atom. The summed E-state index contributed by atoms with van der Waals surface area (Å²) in [5.74, 6) is 0. The molecule has 2 N–H and O–H groups in total. The fourth-order valence-electron chi connectivity index (χ4n) is 2.44. The van der Waals surface area contributed by atoms with E-state index in [0.717, 1.165) is 20.8 Å². The van der Waals surface area contributed by atoms with Gasteiger partial charge in [0.15, 0.2) is 0 Å². The van der Waals surface area contributed by atoms with Crippen LogP contribution in [0.5, 0.6) is 0 Å². The number of aromatic nitrogens is 1. The number of benzene rings is 2. The maximum Gasteiger partial charge on any atom is 0.319 e. The Morgan fingerprint density at radius 3 is 2.57 bits per heavy atom. The number of carbonyl (C=O) groups is 1. The number of anilines is 1. The van der Waals surface area contributed by atoms with Gasteiger partial charge in [-0.05, 0) is 29.8 Å². The fraction of sp³-hybridized carbons (Fsp3) is 0.0588. The lowest BCUT2D eigenvalue weighted by Gasteiger charge is -2.22. The van der Waals surface area contributed by atoms with E-state index >= 15 is 0 Å². The largest absolute Gasteiger partial charge is 0.351 e. The van der Waals surface area contributed by atoms with E-state index in [1.165, 1.54) is 4.90 Å². The predicted octanol–water partition coefficient (Wildman–Crippen LogP) is 4.74. The standard InChI is InChI=1S/C17H13BrClN3O/c18-12-6-4-11(5-7-12)10-22(17(20)23)15-3-1-2-14-13(15)8-9-21-16(14)19/h1-9H,10H2,(H2,20,23). The zero-order chi connectivity index (χ0) is 16.4.